The van der Waals surface area contributed by atoms with Crippen LogP contribution in [0.4, 0.5) is 5.13 Å². The van der Waals surface area contributed by atoms with Crippen LogP contribution in [-0.4, -0.2) is 49.3 Å². The minimum Gasteiger partial charge on any atom is -0.379 e. The maximum absolute atomic E-state index is 5.58. The van der Waals surface area contributed by atoms with Crippen LogP contribution in [0.2, 0.25) is 0 Å². The molecule has 5 rings (SSSR count). The molecule has 4 nitrogen and oxygen atoms in total. The Morgan fingerprint density at radius 1 is 1.04 bits per heavy atom. The van der Waals surface area contributed by atoms with Gasteiger partial charge in [0.1, 0.15) is 0 Å². The Labute approximate surface area is 159 Å². The fraction of sp³-hybridized carbons (Fsp3) is 0.571. The summed E-state index contributed by atoms with van der Waals surface area (Å²) in [5, 5.41) is 3.28. The molecule has 0 unspecified atom stereocenters. The van der Waals surface area contributed by atoms with Crippen LogP contribution in [0.15, 0.2) is 35.8 Å². The van der Waals surface area contributed by atoms with Gasteiger partial charge in [-0.25, -0.2) is 4.98 Å². The van der Waals surface area contributed by atoms with Gasteiger partial charge in [-0.15, -0.1) is 11.3 Å². The van der Waals surface area contributed by atoms with Crippen molar-refractivity contribution < 1.29 is 4.74 Å². The summed E-state index contributed by atoms with van der Waals surface area (Å²) in [6.07, 6.45) is 7.03. The van der Waals surface area contributed by atoms with E-state index >= 15 is 0 Å². The van der Waals surface area contributed by atoms with Crippen LogP contribution in [0.5, 0.6) is 0 Å². The molecule has 2 saturated heterocycles. The van der Waals surface area contributed by atoms with Gasteiger partial charge >= 0.3 is 0 Å². The molecule has 0 N–H and O–H groups in total. The van der Waals surface area contributed by atoms with Crippen molar-refractivity contribution >= 4 is 16.5 Å². The third kappa shape index (κ3) is 2.86. The Morgan fingerprint density at radius 2 is 1.85 bits per heavy atom. The number of thiazole rings is 1. The lowest BCUT2D eigenvalue weighted by molar-refractivity contribution is 0.00872. The number of anilines is 1. The van der Waals surface area contributed by atoms with Crippen molar-refractivity contribution in [3.05, 3.63) is 47.0 Å². The van der Waals surface area contributed by atoms with Crippen LogP contribution >= 0.6 is 11.3 Å². The van der Waals surface area contributed by atoms with Gasteiger partial charge in [-0.3, -0.25) is 4.90 Å². The third-order valence-electron chi connectivity index (χ3n) is 6.68. The molecule has 0 bridgehead atoms. The summed E-state index contributed by atoms with van der Waals surface area (Å²) < 4.78 is 5.58. The minimum absolute atomic E-state index is 0.368. The van der Waals surface area contributed by atoms with E-state index in [0.29, 0.717) is 11.5 Å². The smallest absolute Gasteiger partial charge is 0.185 e. The van der Waals surface area contributed by atoms with Crippen LogP contribution in [0.25, 0.3) is 0 Å². The number of nitrogens with zero attached hydrogens (tertiary/aromatic N) is 3. The Hall–Kier alpha value is -1.43. The summed E-state index contributed by atoms with van der Waals surface area (Å²) in [5.74, 6) is 0. The van der Waals surface area contributed by atoms with Gasteiger partial charge in [0.25, 0.3) is 0 Å². The van der Waals surface area contributed by atoms with Crippen molar-refractivity contribution in [3.63, 3.8) is 0 Å². The highest BCUT2D eigenvalue weighted by molar-refractivity contribution is 7.13. The summed E-state index contributed by atoms with van der Waals surface area (Å²) >= 11 is 1.77. The molecule has 1 aliphatic carbocycles. The largest absolute Gasteiger partial charge is 0.379 e. The van der Waals surface area contributed by atoms with E-state index in [1.807, 2.05) is 6.20 Å². The lowest BCUT2D eigenvalue weighted by Crippen LogP contribution is -2.47. The quantitative estimate of drug-likeness (QED) is 0.804. The molecule has 3 heterocycles. The number of morpholine rings is 1. The predicted molar refractivity (Wildman–Crippen MR) is 106 cm³/mol. The molecule has 2 fully saturated rings. The Morgan fingerprint density at radius 3 is 2.62 bits per heavy atom. The molecule has 0 saturated carbocycles. The van der Waals surface area contributed by atoms with Gasteiger partial charge in [0.05, 0.1) is 13.2 Å². The first kappa shape index (κ1) is 16.7. The van der Waals surface area contributed by atoms with E-state index in [4.69, 9.17) is 4.74 Å². The molecular formula is C21H27N3OS. The lowest BCUT2D eigenvalue weighted by Gasteiger charge is -2.49. The molecule has 1 spiro atoms. The molecule has 0 radical (unpaired) electrons. The van der Waals surface area contributed by atoms with Crippen molar-refractivity contribution in [2.75, 3.05) is 44.3 Å². The van der Waals surface area contributed by atoms with E-state index in [1.54, 1.807) is 22.5 Å². The van der Waals surface area contributed by atoms with Crippen LogP contribution in [0.3, 0.4) is 0 Å². The maximum atomic E-state index is 5.58. The van der Waals surface area contributed by atoms with Crippen LogP contribution in [-0.2, 0) is 10.2 Å². The lowest BCUT2D eigenvalue weighted by atomic mass is 9.63. The number of fused-ring (bicyclic) bond motifs is 2. The van der Waals surface area contributed by atoms with Crippen LogP contribution in [0, 0.1) is 0 Å². The van der Waals surface area contributed by atoms with Gasteiger partial charge in [-0.05, 0) is 42.2 Å². The highest BCUT2D eigenvalue weighted by atomic mass is 32.1. The number of hydrogen-bond acceptors (Lipinski definition) is 5. The summed E-state index contributed by atoms with van der Waals surface area (Å²) in [6.45, 7) is 6.17. The van der Waals surface area contributed by atoms with Gasteiger partial charge < -0.3 is 9.64 Å². The molecule has 0 amide bonds. The number of ether oxygens (including phenoxy) is 1. The van der Waals surface area contributed by atoms with E-state index in [0.717, 1.165) is 39.4 Å². The highest BCUT2D eigenvalue weighted by Crippen LogP contribution is 2.49. The van der Waals surface area contributed by atoms with E-state index < -0.39 is 0 Å². The van der Waals surface area contributed by atoms with Crippen molar-refractivity contribution in [3.8, 4) is 0 Å². The molecule has 2 aromatic rings. The highest BCUT2D eigenvalue weighted by Gasteiger charge is 2.43. The zero-order chi connectivity index (χ0) is 17.4. The molecule has 3 aliphatic rings. The summed E-state index contributed by atoms with van der Waals surface area (Å²) in [6, 6.07) is 9.87. The van der Waals surface area contributed by atoms with Crippen molar-refractivity contribution in [1.82, 2.24) is 9.88 Å². The average molecular weight is 370 g/mol. The SMILES string of the molecule is c1ccc2c(c1)[C@H](N1CCOCC1)CCC21CCN(c2nccs2)CC1. The monoisotopic (exact) mass is 369 g/mol. The molecule has 1 atom stereocenters. The Kier molecular flexibility index (Phi) is 4.47. The van der Waals surface area contributed by atoms with E-state index in [-0.39, 0.29) is 0 Å². The van der Waals surface area contributed by atoms with Gasteiger partial charge in [0.2, 0.25) is 0 Å². The Balaban J connectivity index is 1.40. The Bertz CT molecular complexity index is 733. The number of hydrogen-bond donors (Lipinski definition) is 0. The number of aromatic nitrogens is 1. The summed E-state index contributed by atoms with van der Waals surface area (Å²) in [7, 11) is 0. The van der Waals surface area contributed by atoms with E-state index in [2.05, 4.69) is 44.4 Å². The van der Waals surface area contributed by atoms with Gasteiger partial charge in [-0.1, -0.05) is 24.3 Å². The second-order valence-corrected chi connectivity index (χ2v) is 8.75. The van der Waals surface area contributed by atoms with Gasteiger partial charge in [0, 0.05) is 43.8 Å². The predicted octanol–water partition coefficient (Wildman–Crippen LogP) is 3.85. The van der Waals surface area contributed by atoms with Gasteiger partial charge in [-0.2, -0.15) is 0 Å². The second-order valence-electron chi connectivity index (χ2n) is 7.87. The van der Waals surface area contributed by atoms with E-state index in [1.165, 1.54) is 30.8 Å². The average Bonchev–Trinajstić information content (AvgIpc) is 3.25. The molecule has 2 aliphatic heterocycles. The first-order valence-corrected chi connectivity index (χ1v) is 10.8. The molecular weight excluding hydrogens is 342 g/mol. The van der Waals surface area contributed by atoms with E-state index in [9.17, 15) is 0 Å². The topological polar surface area (TPSA) is 28.6 Å². The second kappa shape index (κ2) is 6.95. The normalized spacial score (nSPS) is 26.0. The van der Waals surface area contributed by atoms with Crippen molar-refractivity contribution in [1.29, 1.82) is 0 Å². The standard InChI is InChI=1S/C21H27N3OS/c1-2-4-18-17(3-1)19(23-12-14-25-15-13-23)5-6-21(18)7-10-24(11-8-21)20-22-9-16-26-20/h1-4,9,16,19H,5-8,10-15H2/t19-/m1/s1. The number of piperidine rings is 1. The molecule has 1 aromatic heterocycles. The molecule has 1 aromatic carbocycles. The van der Waals surface area contributed by atoms with Crippen molar-refractivity contribution in [2.45, 2.75) is 37.1 Å². The first-order valence-electron chi connectivity index (χ1n) is 9.91. The molecule has 138 valence electrons. The summed E-state index contributed by atoms with van der Waals surface area (Å²) in [5.41, 5.74) is 3.58. The van der Waals surface area contributed by atoms with Crippen molar-refractivity contribution in [2.24, 2.45) is 0 Å². The number of benzene rings is 1. The van der Waals surface area contributed by atoms with Gasteiger partial charge in [0.15, 0.2) is 5.13 Å². The zero-order valence-electron chi connectivity index (χ0n) is 15.3. The fourth-order valence-electron chi connectivity index (χ4n) is 5.26. The summed E-state index contributed by atoms with van der Waals surface area (Å²) in [4.78, 5) is 9.65. The van der Waals surface area contributed by atoms with Crippen LogP contribution in [0.1, 0.15) is 42.9 Å². The third-order valence-corrected chi connectivity index (χ3v) is 7.52. The molecule has 26 heavy (non-hydrogen) atoms. The zero-order valence-corrected chi connectivity index (χ0v) is 16.1. The molecule has 5 heteroatoms. The number of rotatable bonds is 2. The fourth-order valence-corrected chi connectivity index (χ4v) is 5.96. The first-order chi connectivity index (χ1) is 12.9. The minimum atomic E-state index is 0.368. The maximum Gasteiger partial charge on any atom is 0.185 e. The van der Waals surface area contributed by atoms with Crippen LogP contribution < -0.4 is 4.90 Å².